The van der Waals surface area contributed by atoms with Gasteiger partial charge in [-0.1, -0.05) is 6.07 Å². The Morgan fingerprint density at radius 2 is 1.81 bits per heavy atom. The molecule has 4 rings (SSSR count). The van der Waals surface area contributed by atoms with E-state index in [1.54, 1.807) is 31.5 Å². The summed E-state index contributed by atoms with van der Waals surface area (Å²) in [5.41, 5.74) is 1.66. The molecule has 0 bridgehead atoms. The number of hydrogen-bond donors (Lipinski definition) is 2. The maximum Gasteiger partial charge on any atom is 0.313 e. The van der Waals surface area contributed by atoms with Crippen molar-refractivity contribution in [2.24, 2.45) is 0 Å². The number of ether oxygens (including phenoxy) is 2. The average Bonchev–Trinajstić information content (AvgIpc) is 3.43. The third-order valence-corrected chi connectivity index (χ3v) is 6.22. The largest absolute Gasteiger partial charge is 0.497 e. The lowest BCUT2D eigenvalue weighted by Crippen LogP contribution is -2.57. The van der Waals surface area contributed by atoms with E-state index in [1.807, 2.05) is 32.0 Å². The van der Waals surface area contributed by atoms with Gasteiger partial charge in [0.2, 0.25) is 0 Å². The van der Waals surface area contributed by atoms with Crippen molar-refractivity contribution in [3.05, 3.63) is 55.1 Å². The molecule has 37 heavy (non-hydrogen) atoms. The van der Waals surface area contributed by atoms with Crippen molar-refractivity contribution in [2.75, 3.05) is 57.2 Å². The fraction of sp³-hybridized carbons (Fsp3) is 0.370. The van der Waals surface area contributed by atoms with Crippen LogP contribution in [0, 0.1) is 0 Å². The molecule has 0 spiro atoms. The number of nitrogens with one attached hydrogen (secondary N) is 2. The van der Waals surface area contributed by atoms with E-state index < -0.39 is 17.4 Å². The fourth-order valence-corrected chi connectivity index (χ4v) is 4.44. The SMILES string of the molecule is COc1cccc(N2CCN(CC(C)(C)NC(=O)C(=O)Nc3ccc(-c4cnco4)c(OC)c3)CC2)c1. The smallest absolute Gasteiger partial charge is 0.313 e. The number of oxazole rings is 1. The Morgan fingerprint density at radius 1 is 1.03 bits per heavy atom. The zero-order valence-electron chi connectivity index (χ0n) is 21.6. The molecule has 1 aliphatic rings. The molecule has 2 N–H and O–H groups in total. The van der Waals surface area contributed by atoms with Gasteiger partial charge in [-0.2, -0.15) is 0 Å². The van der Waals surface area contributed by atoms with E-state index >= 15 is 0 Å². The number of amides is 2. The van der Waals surface area contributed by atoms with Crippen LogP contribution in [0.5, 0.6) is 11.5 Å². The molecule has 0 atom stereocenters. The minimum atomic E-state index is -0.745. The number of methoxy groups -OCH3 is 2. The van der Waals surface area contributed by atoms with Gasteiger partial charge in [-0.3, -0.25) is 14.5 Å². The van der Waals surface area contributed by atoms with Gasteiger partial charge in [-0.25, -0.2) is 4.98 Å². The van der Waals surface area contributed by atoms with Crippen LogP contribution in [0.4, 0.5) is 11.4 Å². The van der Waals surface area contributed by atoms with Crippen molar-refractivity contribution in [2.45, 2.75) is 19.4 Å². The summed E-state index contributed by atoms with van der Waals surface area (Å²) in [6.07, 6.45) is 2.90. The summed E-state index contributed by atoms with van der Waals surface area (Å²) in [7, 11) is 3.19. The van der Waals surface area contributed by atoms with Crippen molar-refractivity contribution in [1.82, 2.24) is 15.2 Å². The number of nitrogens with zero attached hydrogens (tertiary/aromatic N) is 3. The summed E-state index contributed by atoms with van der Waals surface area (Å²) in [5, 5.41) is 5.51. The van der Waals surface area contributed by atoms with Gasteiger partial charge >= 0.3 is 11.8 Å². The molecular weight excluding hydrogens is 474 g/mol. The van der Waals surface area contributed by atoms with E-state index in [0.717, 1.165) is 37.6 Å². The zero-order chi connectivity index (χ0) is 26.4. The summed E-state index contributed by atoms with van der Waals surface area (Å²) in [4.78, 5) is 33.8. The second-order valence-electron chi connectivity index (χ2n) is 9.54. The zero-order valence-corrected chi connectivity index (χ0v) is 21.6. The second kappa shape index (κ2) is 11.3. The number of hydrogen-bond acceptors (Lipinski definition) is 8. The predicted octanol–water partition coefficient (Wildman–Crippen LogP) is 3.01. The maximum atomic E-state index is 12.7. The quantitative estimate of drug-likeness (QED) is 0.448. The summed E-state index contributed by atoms with van der Waals surface area (Å²) in [6, 6.07) is 13.1. The van der Waals surface area contributed by atoms with Gasteiger partial charge in [0.25, 0.3) is 0 Å². The average molecular weight is 508 g/mol. The van der Waals surface area contributed by atoms with Crippen LogP contribution < -0.4 is 25.0 Å². The molecular formula is C27H33N5O5. The highest BCUT2D eigenvalue weighted by atomic mass is 16.5. The molecule has 10 nitrogen and oxygen atoms in total. The highest BCUT2D eigenvalue weighted by molar-refractivity contribution is 6.39. The van der Waals surface area contributed by atoms with Crippen LogP contribution in [0.3, 0.4) is 0 Å². The molecule has 0 radical (unpaired) electrons. The number of aromatic nitrogens is 1. The van der Waals surface area contributed by atoms with Crippen molar-refractivity contribution >= 4 is 23.2 Å². The van der Waals surface area contributed by atoms with Crippen LogP contribution in [0.25, 0.3) is 11.3 Å². The summed E-state index contributed by atoms with van der Waals surface area (Å²) < 4.78 is 16.1. The standard InChI is InChI=1S/C27H33N5O5/c1-27(2,17-31-10-12-32(13-11-31)20-6-5-7-21(15-20)35-3)30-26(34)25(33)29-19-8-9-22(23(14-19)36-4)24-16-28-18-37-24/h5-9,14-16,18H,10-13,17H2,1-4H3,(H,29,33)(H,30,34). The van der Waals surface area contributed by atoms with Crippen molar-refractivity contribution in [3.63, 3.8) is 0 Å². The molecule has 1 aliphatic heterocycles. The summed E-state index contributed by atoms with van der Waals surface area (Å²) >= 11 is 0. The van der Waals surface area contributed by atoms with Crippen molar-refractivity contribution in [1.29, 1.82) is 0 Å². The molecule has 1 fully saturated rings. The van der Waals surface area contributed by atoms with Gasteiger partial charge in [-0.05, 0) is 38.1 Å². The van der Waals surface area contributed by atoms with Crippen molar-refractivity contribution in [3.8, 4) is 22.8 Å². The van der Waals surface area contributed by atoms with Gasteiger partial charge in [0.1, 0.15) is 11.5 Å². The second-order valence-corrected chi connectivity index (χ2v) is 9.54. The van der Waals surface area contributed by atoms with Gasteiger partial charge in [0, 0.05) is 61.8 Å². The molecule has 10 heteroatoms. The lowest BCUT2D eigenvalue weighted by molar-refractivity contribution is -0.137. The van der Waals surface area contributed by atoms with Crippen LogP contribution >= 0.6 is 0 Å². The molecule has 196 valence electrons. The first-order chi connectivity index (χ1) is 17.8. The molecule has 0 unspecified atom stereocenters. The highest BCUT2D eigenvalue weighted by Gasteiger charge is 2.29. The Hall–Kier alpha value is -4.05. The third kappa shape index (κ3) is 6.59. The number of anilines is 2. The monoisotopic (exact) mass is 507 g/mol. The molecule has 2 amide bonds. The molecule has 0 aliphatic carbocycles. The van der Waals surface area contributed by atoms with Gasteiger partial charge in [-0.15, -0.1) is 0 Å². The Bertz CT molecular complexity index is 1220. The lowest BCUT2D eigenvalue weighted by atomic mass is 10.0. The summed E-state index contributed by atoms with van der Waals surface area (Å²) in [6.45, 7) is 7.88. The van der Waals surface area contributed by atoms with E-state index in [0.29, 0.717) is 29.3 Å². The third-order valence-electron chi connectivity index (χ3n) is 6.22. The topological polar surface area (TPSA) is 109 Å². The number of carbonyl (C=O) groups is 2. The van der Waals surface area contributed by atoms with E-state index in [-0.39, 0.29) is 0 Å². The van der Waals surface area contributed by atoms with Crippen LogP contribution in [0.15, 0.2) is 59.5 Å². The van der Waals surface area contributed by atoms with E-state index in [9.17, 15) is 9.59 Å². The van der Waals surface area contributed by atoms with E-state index in [4.69, 9.17) is 13.9 Å². The van der Waals surface area contributed by atoms with Gasteiger partial charge in [0.05, 0.1) is 26.0 Å². The molecule has 0 saturated carbocycles. The lowest BCUT2D eigenvalue weighted by Gasteiger charge is -2.40. The number of benzene rings is 2. The maximum absolute atomic E-state index is 12.7. The molecule has 1 saturated heterocycles. The number of carbonyl (C=O) groups excluding carboxylic acids is 2. The normalized spacial score (nSPS) is 14.2. The summed E-state index contributed by atoms with van der Waals surface area (Å²) in [5.74, 6) is 0.428. The van der Waals surface area contributed by atoms with E-state index in [2.05, 4.69) is 31.5 Å². The Labute approximate surface area is 216 Å². The predicted molar refractivity (Wildman–Crippen MR) is 141 cm³/mol. The van der Waals surface area contributed by atoms with Crippen LogP contribution in [-0.2, 0) is 9.59 Å². The minimum absolute atomic E-state index is 0.437. The highest BCUT2D eigenvalue weighted by Crippen LogP contribution is 2.32. The Balaban J connectivity index is 1.29. The Morgan fingerprint density at radius 3 is 2.49 bits per heavy atom. The first-order valence-electron chi connectivity index (χ1n) is 12.1. The first-order valence-corrected chi connectivity index (χ1v) is 12.1. The number of rotatable bonds is 8. The Kier molecular flexibility index (Phi) is 7.98. The van der Waals surface area contributed by atoms with Crippen LogP contribution in [0.2, 0.25) is 0 Å². The van der Waals surface area contributed by atoms with E-state index in [1.165, 1.54) is 13.5 Å². The number of piperazine rings is 1. The minimum Gasteiger partial charge on any atom is -0.497 e. The van der Waals surface area contributed by atoms with Crippen LogP contribution in [0.1, 0.15) is 13.8 Å². The van der Waals surface area contributed by atoms with Crippen molar-refractivity contribution < 1.29 is 23.5 Å². The first kappa shape index (κ1) is 26.0. The van der Waals surface area contributed by atoms with Gasteiger partial charge < -0.3 is 29.4 Å². The molecule has 2 aromatic carbocycles. The molecule has 3 aromatic rings. The molecule has 1 aromatic heterocycles. The van der Waals surface area contributed by atoms with Crippen LogP contribution in [-0.4, -0.2) is 74.2 Å². The molecule has 2 heterocycles. The van der Waals surface area contributed by atoms with Gasteiger partial charge in [0.15, 0.2) is 12.2 Å². The fourth-order valence-electron chi connectivity index (χ4n) is 4.44.